The maximum atomic E-state index is 12.3. The van der Waals surface area contributed by atoms with Crippen molar-refractivity contribution in [2.24, 2.45) is 5.92 Å². The summed E-state index contributed by atoms with van der Waals surface area (Å²) in [7, 11) is 0. The van der Waals surface area contributed by atoms with Crippen LogP contribution in [-0.4, -0.2) is 41.0 Å². The van der Waals surface area contributed by atoms with Crippen LogP contribution in [-0.2, 0) is 9.53 Å². The van der Waals surface area contributed by atoms with Gasteiger partial charge in [-0.1, -0.05) is 35.9 Å². The van der Waals surface area contributed by atoms with Crippen molar-refractivity contribution in [3.63, 3.8) is 0 Å². The highest BCUT2D eigenvalue weighted by Crippen LogP contribution is 2.32. The van der Waals surface area contributed by atoms with E-state index in [9.17, 15) is 9.59 Å². The van der Waals surface area contributed by atoms with E-state index < -0.39 is 5.97 Å². The molecule has 1 saturated heterocycles. The van der Waals surface area contributed by atoms with Gasteiger partial charge < -0.3 is 9.64 Å². The SMILES string of the molecule is O=C(OC[C@H]1CC(=O)N(C2CC2)C1)c1cc2ccccc2c(Cl)n1. The largest absolute Gasteiger partial charge is 0.461 e. The summed E-state index contributed by atoms with van der Waals surface area (Å²) in [5, 5.41) is 1.94. The molecule has 0 unspecified atom stereocenters. The first-order valence-electron chi connectivity index (χ1n) is 8.13. The number of hydrogen-bond donors (Lipinski definition) is 0. The number of ether oxygens (including phenoxy) is 1. The van der Waals surface area contributed by atoms with E-state index in [-0.39, 0.29) is 29.3 Å². The van der Waals surface area contributed by atoms with E-state index in [1.54, 1.807) is 6.07 Å². The highest BCUT2D eigenvalue weighted by Gasteiger charge is 2.39. The number of aromatic nitrogens is 1. The van der Waals surface area contributed by atoms with Gasteiger partial charge in [-0.15, -0.1) is 0 Å². The first-order valence-corrected chi connectivity index (χ1v) is 8.51. The fourth-order valence-corrected chi connectivity index (χ4v) is 3.45. The average Bonchev–Trinajstić information content (AvgIpc) is 3.35. The van der Waals surface area contributed by atoms with E-state index in [1.165, 1.54) is 0 Å². The van der Waals surface area contributed by atoms with E-state index in [4.69, 9.17) is 16.3 Å². The summed E-state index contributed by atoms with van der Waals surface area (Å²) < 4.78 is 5.37. The monoisotopic (exact) mass is 344 g/mol. The molecule has 0 bridgehead atoms. The summed E-state index contributed by atoms with van der Waals surface area (Å²) in [5.41, 5.74) is 0.196. The molecule has 1 aliphatic carbocycles. The first kappa shape index (κ1) is 15.4. The summed E-state index contributed by atoms with van der Waals surface area (Å²) in [6.45, 7) is 0.919. The Balaban J connectivity index is 1.42. The van der Waals surface area contributed by atoms with Crippen LogP contribution in [0.4, 0.5) is 0 Å². The Morgan fingerprint density at radius 1 is 1.33 bits per heavy atom. The molecule has 1 aromatic carbocycles. The molecule has 1 saturated carbocycles. The number of rotatable bonds is 4. The fourth-order valence-electron chi connectivity index (χ4n) is 3.19. The lowest BCUT2D eigenvalue weighted by Crippen LogP contribution is -2.28. The van der Waals surface area contributed by atoms with Gasteiger partial charge in [0.15, 0.2) is 5.69 Å². The van der Waals surface area contributed by atoms with Crippen molar-refractivity contribution >= 4 is 34.2 Å². The summed E-state index contributed by atoms with van der Waals surface area (Å²) in [6.07, 6.45) is 2.64. The molecule has 0 spiro atoms. The summed E-state index contributed by atoms with van der Waals surface area (Å²) in [5.74, 6) is -0.261. The zero-order valence-electron chi connectivity index (χ0n) is 13.1. The van der Waals surface area contributed by atoms with Crippen molar-refractivity contribution in [1.82, 2.24) is 9.88 Å². The lowest BCUT2D eigenvalue weighted by molar-refractivity contribution is -0.128. The van der Waals surface area contributed by atoms with E-state index in [1.807, 2.05) is 29.2 Å². The lowest BCUT2D eigenvalue weighted by atomic mass is 10.1. The standard InChI is InChI=1S/C18H17ClN2O3/c19-17-14-4-2-1-3-12(14)8-15(20-17)18(23)24-10-11-7-16(22)21(9-11)13-5-6-13/h1-4,8,11,13H,5-7,9-10H2/t11-/m0/s1. The smallest absolute Gasteiger partial charge is 0.357 e. The van der Waals surface area contributed by atoms with Gasteiger partial charge in [0.1, 0.15) is 5.15 Å². The molecule has 2 fully saturated rings. The molecule has 0 N–H and O–H groups in total. The Morgan fingerprint density at radius 2 is 2.12 bits per heavy atom. The minimum absolute atomic E-state index is 0.0676. The number of benzene rings is 1. The van der Waals surface area contributed by atoms with E-state index in [2.05, 4.69) is 4.98 Å². The Morgan fingerprint density at radius 3 is 2.92 bits per heavy atom. The topological polar surface area (TPSA) is 59.5 Å². The predicted molar refractivity (Wildman–Crippen MR) is 89.9 cm³/mol. The van der Waals surface area contributed by atoms with Crippen LogP contribution in [0.1, 0.15) is 29.8 Å². The molecular formula is C18H17ClN2O3. The van der Waals surface area contributed by atoms with Gasteiger partial charge in [-0.05, 0) is 24.3 Å². The molecule has 5 nitrogen and oxygen atoms in total. The second kappa shape index (κ2) is 6.06. The highest BCUT2D eigenvalue weighted by molar-refractivity contribution is 6.34. The van der Waals surface area contributed by atoms with Crippen LogP contribution in [0.3, 0.4) is 0 Å². The molecule has 24 heavy (non-hydrogen) atoms. The summed E-state index contributed by atoms with van der Waals surface area (Å²) in [4.78, 5) is 30.2. The fraction of sp³-hybridized carbons (Fsp3) is 0.389. The molecule has 1 atom stereocenters. The van der Waals surface area contributed by atoms with Crippen LogP contribution in [0.2, 0.25) is 5.15 Å². The van der Waals surface area contributed by atoms with E-state index in [0.717, 1.165) is 23.6 Å². The number of fused-ring (bicyclic) bond motifs is 1. The minimum atomic E-state index is -0.500. The quantitative estimate of drug-likeness (QED) is 0.632. The van der Waals surface area contributed by atoms with Crippen LogP contribution in [0.25, 0.3) is 10.8 Å². The maximum Gasteiger partial charge on any atom is 0.357 e. The number of carbonyl (C=O) groups excluding carboxylic acids is 2. The van der Waals surface area contributed by atoms with Crippen molar-refractivity contribution in [3.05, 3.63) is 41.2 Å². The number of esters is 1. The lowest BCUT2D eigenvalue weighted by Gasteiger charge is -2.15. The van der Waals surface area contributed by atoms with Gasteiger partial charge >= 0.3 is 5.97 Å². The minimum Gasteiger partial charge on any atom is -0.461 e. The van der Waals surface area contributed by atoms with Crippen molar-refractivity contribution in [1.29, 1.82) is 0 Å². The maximum absolute atomic E-state index is 12.3. The molecule has 4 rings (SSSR count). The molecule has 6 heteroatoms. The summed E-state index contributed by atoms with van der Waals surface area (Å²) in [6, 6.07) is 9.58. The molecule has 0 radical (unpaired) electrons. The van der Waals surface area contributed by atoms with Crippen LogP contribution in [0.5, 0.6) is 0 Å². The predicted octanol–water partition coefficient (Wildman–Crippen LogP) is 3.06. The Kier molecular flexibility index (Phi) is 3.88. The Hall–Kier alpha value is -2.14. The van der Waals surface area contributed by atoms with Gasteiger partial charge in [-0.3, -0.25) is 4.79 Å². The van der Waals surface area contributed by atoms with Crippen molar-refractivity contribution in [3.8, 4) is 0 Å². The third kappa shape index (κ3) is 2.96. The van der Waals surface area contributed by atoms with Gasteiger partial charge in [-0.2, -0.15) is 0 Å². The van der Waals surface area contributed by atoms with Crippen molar-refractivity contribution in [2.75, 3.05) is 13.2 Å². The molecule has 1 aromatic heterocycles. The second-order valence-electron chi connectivity index (χ2n) is 6.47. The Bertz CT molecular complexity index is 819. The molecule has 2 aromatic rings. The van der Waals surface area contributed by atoms with Gasteiger partial charge in [0.05, 0.1) is 6.61 Å². The molecule has 2 aliphatic rings. The zero-order valence-corrected chi connectivity index (χ0v) is 13.8. The number of hydrogen-bond acceptors (Lipinski definition) is 4. The summed E-state index contributed by atoms with van der Waals surface area (Å²) >= 11 is 6.14. The van der Waals surface area contributed by atoms with Gasteiger partial charge in [0, 0.05) is 30.3 Å². The Labute approximate surface area is 144 Å². The van der Waals surface area contributed by atoms with Gasteiger partial charge in [-0.25, -0.2) is 9.78 Å². The van der Waals surface area contributed by atoms with Crippen molar-refractivity contribution < 1.29 is 14.3 Å². The van der Waals surface area contributed by atoms with Gasteiger partial charge in [0.25, 0.3) is 0 Å². The number of pyridine rings is 1. The molecular weight excluding hydrogens is 328 g/mol. The van der Waals surface area contributed by atoms with E-state index >= 15 is 0 Å². The molecule has 124 valence electrons. The van der Waals surface area contributed by atoms with Crippen LogP contribution in [0, 0.1) is 5.92 Å². The number of carbonyl (C=O) groups is 2. The number of likely N-dealkylation sites (tertiary alicyclic amines) is 1. The third-order valence-electron chi connectivity index (χ3n) is 4.58. The number of halogens is 1. The average molecular weight is 345 g/mol. The van der Waals surface area contributed by atoms with Crippen LogP contribution < -0.4 is 0 Å². The van der Waals surface area contributed by atoms with Crippen molar-refractivity contribution in [2.45, 2.75) is 25.3 Å². The van der Waals surface area contributed by atoms with E-state index in [0.29, 0.717) is 19.0 Å². The number of nitrogens with zero attached hydrogens (tertiary/aromatic N) is 2. The zero-order chi connectivity index (χ0) is 16.7. The first-order chi connectivity index (χ1) is 11.6. The molecule has 1 amide bonds. The van der Waals surface area contributed by atoms with Gasteiger partial charge in [0.2, 0.25) is 5.91 Å². The molecule has 2 heterocycles. The highest BCUT2D eigenvalue weighted by atomic mass is 35.5. The second-order valence-corrected chi connectivity index (χ2v) is 6.82. The van der Waals surface area contributed by atoms with Crippen LogP contribution in [0.15, 0.2) is 30.3 Å². The third-order valence-corrected chi connectivity index (χ3v) is 4.87. The molecule has 1 aliphatic heterocycles. The van der Waals surface area contributed by atoms with Crippen LogP contribution >= 0.6 is 11.6 Å². The number of amides is 1. The normalized spacial score (nSPS) is 20.6.